The molecule has 0 spiro atoms. The number of hydrogen-bond donors (Lipinski definition) is 4. The second kappa shape index (κ2) is 6.06. The summed E-state index contributed by atoms with van der Waals surface area (Å²) in [5.74, 6) is 0. The molecule has 0 aliphatic carbocycles. The Morgan fingerprint density at radius 2 is 1.56 bits per heavy atom. The van der Waals surface area contributed by atoms with Crippen LogP contribution in [0, 0.1) is 0 Å². The van der Waals surface area contributed by atoms with Crippen molar-refractivity contribution in [1.29, 1.82) is 0 Å². The summed E-state index contributed by atoms with van der Waals surface area (Å²) in [6.07, 6.45) is -1.28. The maximum Gasteiger partial charge on any atom is 0.470 e. The van der Waals surface area contributed by atoms with E-state index >= 15 is 0 Å². The highest BCUT2D eigenvalue weighted by molar-refractivity contribution is 7.46. The predicted molar refractivity (Wildman–Crippen MR) is 60.3 cm³/mol. The van der Waals surface area contributed by atoms with Crippen molar-refractivity contribution in [3.8, 4) is 0 Å². The molecule has 0 bridgehead atoms. The molecule has 18 heavy (non-hydrogen) atoms. The zero-order valence-corrected chi connectivity index (χ0v) is 10.8. The second-order valence-electron chi connectivity index (χ2n) is 3.28. The van der Waals surface area contributed by atoms with E-state index in [-0.39, 0.29) is 0 Å². The van der Waals surface area contributed by atoms with Gasteiger partial charge in [0.2, 0.25) is 0 Å². The molecule has 0 amide bonds. The van der Waals surface area contributed by atoms with Gasteiger partial charge in [-0.1, -0.05) is 30.3 Å². The van der Waals surface area contributed by atoms with Crippen LogP contribution in [0.25, 0.3) is 0 Å². The molecule has 1 rings (SSSR count). The van der Waals surface area contributed by atoms with Gasteiger partial charge in [0.1, 0.15) is 6.10 Å². The summed E-state index contributed by atoms with van der Waals surface area (Å²) in [7, 11) is -9.54. The molecule has 0 heterocycles. The Morgan fingerprint density at radius 1 is 1.00 bits per heavy atom. The first-order valence-corrected chi connectivity index (χ1v) is 7.72. The highest BCUT2D eigenvalue weighted by Gasteiger charge is 2.26. The van der Waals surface area contributed by atoms with Crippen molar-refractivity contribution in [2.24, 2.45) is 0 Å². The molecule has 8 nitrogen and oxygen atoms in total. The minimum absolute atomic E-state index is 0.328. The van der Waals surface area contributed by atoms with Crippen molar-refractivity contribution < 1.29 is 37.8 Å². The molecule has 1 unspecified atom stereocenters. The fourth-order valence-corrected chi connectivity index (χ4v) is 2.03. The largest absolute Gasteiger partial charge is 0.470 e. The molecule has 0 radical (unpaired) electrons. The van der Waals surface area contributed by atoms with Gasteiger partial charge in [0, 0.05) is 0 Å². The average Bonchev–Trinajstić information content (AvgIpc) is 2.23. The Kier molecular flexibility index (Phi) is 5.21. The Bertz CT molecular complexity index is 463. The van der Waals surface area contributed by atoms with Gasteiger partial charge in [-0.25, -0.2) is 9.13 Å². The fourth-order valence-electron chi connectivity index (χ4n) is 1.19. The highest BCUT2D eigenvalue weighted by atomic mass is 31.2. The van der Waals surface area contributed by atoms with Gasteiger partial charge in [0.15, 0.2) is 0 Å². The number of hydrogen-bond acceptors (Lipinski definition) is 4. The molecule has 0 saturated heterocycles. The van der Waals surface area contributed by atoms with E-state index in [2.05, 4.69) is 9.05 Å². The molecule has 102 valence electrons. The van der Waals surface area contributed by atoms with Crippen molar-refractivity contribution in [3.63, 3.8) is 0 Å². The third-order valence-corrected chi connectivity index (χ3v) is 2.84. The van der Waals surface area contributed by atoms with E-state index in [1.54, 1.807) is 18.2 Å². The number of rotatable bonds is 6. The van der Waals surface area contributed by atoms with Crippen LogP contribution in [0.3, 0.4) is 0 Å². The lowest BCUT2D eigenvalue weighted by Gasteiger charge is -2.18. The summed E-state index contributed by atoms with van der Waals surface area (Å²) < 4.78 is 29.9. The number of phosphoric ester groups is 2. The quantitative estimate of drug-likeness (QED) is 0.570. The van der Waals surface area contributed by atoms with E-state index in [0.717, 1.165) is 0 Å². The van der Waals surface area contributed by atoms with E-state index in [0.29, 0.717) is 5.56 Å². The topological polar surface area (TPSA) is 134 Å². The number of benzene rings is 1. The molecule has 1 aromatic rings. The van der Waals surface area contributed by atoms with E-state index in [9.17, 15) is 9.13 Å². The van der Waals surface area contributed by atoms with Crippen LogP contribution in [0.2, 0.25) is 0 Å². The standard InChI is InChI=1S/C8H12O8P2/c9-17(10,11)15-6-8(16-18(12,13)14)7-4-2-1-3-5-7/h1-5,8H,6H2,(H2,9,10,11)(H2,12,13,14). The molecule has 0 aromatic heterocycles. The zero-order valence-electron chi connectivity index (χ0n) is 8.99. The van der Waals surface area contributed by atoms with Gasteiger partial charge < -0.3 is 19.6 Å². The molecular weight excluding hydrogens is 286 g/mol. The summed E-state index contributed by atoms with van der Waals surface area (Å²) in [6.45, 7) is -0.681. The first-order chi connectivity index (χ1) is 8.17. The van der Waals surface area contributed by atoms with E-state index in [1.807, 2.05) is 0 Å². The van der Waals surface area contributed by atoms with Crippen LogP contribution >= 0.6 is 15.6 Å². The van der Waals surface area contributed by atoms with E-state index in [1.165, 1.54) is 12.1 Å². The van der Waals surface area contributed by atoms with Crippen LogP contribution in [0.15, 0.2) is 30.3 Å². The Morgan fingerprint density at radius 3 is 2.00 bits per heavy atom. The van der Waals surface area contributed by atoms with E-state index in [4.69, 9.17) is 19.6 Å². The van der Waals surface area contributed by atoms with Crippen molar-refractivity contribution in [2.45, 2.75) is 6.10 Å². The SMILES string of the molecule is O=P(O)(O)OCC(OP(=O)(O)O)c1ccccc1. The van der Waals surface area contributed by atoms with Crippen LogP contribution in [-0.2, 0) is 18.2 Å². The third kappa shape index (κ3) is 6.39. The van der Waals surface area contributed by atoms with Crippen molar-refractivity contribution >= 4 is 15.6 Å². The Labute approximate surface area is 103 Å². The van der Waals surface area contributed by atoms with E-state index < -0.39 is 28.4 Å². The number of phosphoric acid groups is 2. The van der Waals surface area contributed by atoms with Gasteiger partial charge in [0.25, 0.3) is 0 Å². The lowest BCUT2D eigenvalue weighted by Crippen LogP contribution is -2.10. The highest BCUT2D eigenvalue weighted by Crippen LogP contribution is 2.44. The average molecular weight is 298 g/mol. The van der Waals surface area contributed by atoms with Crippen molar-refractivity contribution in [1.82, 2.24) is 0 Å². The van der Waals surface area contributed by atoms with Crippen LogP contribution in [0.4, 0.5) is 0 Å². The predicted octanol–water partition coefficient (Wildman–Crippen LogP) is 0.946. The third-order valence-electron chi connectivity index (χ3n) is 1.83. The Balaban J connectivity index is 2.83. The minimum atomic E-state index is -4.80. The van der Waals surface area contributed by atoms with Gasteiger partial charge in [-0.05, 0) is 5.56 Å². The van der Waals surface area contributed by atoms with Gasteiger partial charge in [-0.3, -0.25) is 9.05 Å². The smallest absolute Gasteiger partial charge is 0.303 e. The van der Waals surface area contributed by atoms with Gasteiger partial charge in [-0.15, -0.1) is 0 Å². The maximum atomic E-state index is 10.8. The molecule has 1 aromatic carbocycles. The molecule has 0 fully saturated rings. The molecule has 4 N–H and O–H groups in total. The normalized spacial score (nSPS) is 14.4. The van der Waals surface area contributed by atoms with Gasteiger partial charge >= 0.3 is 15.6 Å². The van der Waals surface area contributed by atoms with Crippen LogP contribution in [0.1, 0.15) is 11.7 Å². The molecule has 1 atom stereocenters. The lowest BCUT2D eigenvalue weighted by molar-refractivity contribution is 0.0732. The summed E-state index contributed by atoms with van der Waals surface area (Å²) in [5, 5.41) is 0. The van der Waals surface area contributed by atoms with Crippen molar-refractivity contribution in [3.05, 3.63) is 35.9 Å². The lowest BCUT2D eigenvalue weighted by atomic mass is 10.1. The van der Waals surface area contributed by atoms with Crippen LogP contribution in [-0.4, -0.2) is 26.2 Å². The summed E-state index contributed by atoms with van der Waals surface area (Å²) in [4.78, 5) is 34.5. The first kappa shape index (κ1) is 15.5. The minimum Gasteiger partial charge on any atom is -0.303 e. The maximum absolute atomic E-state index is 10.8. The molecule has 0 aliphatic heterocycles. The molecule has 0 aliphatic rings. The van der Waals surface area contributed by atoms with Crippen molar-refractivity contribution in [2.75, 3.05) is 6.61 Å². The monoisotopic (exact) mass is 298 g/mol. The van der Waals surface area contributed by atoms with Gasteiger partial charge in [0.05, 0.1) is 6.61 Å². The summed E-state index contributed by atoms with van der Waals surface area (Å²) >= 11 is 0. The molecule has 0 saturated carbocycles. The summed E-state index contributed by atoms with van der Waals surface area (Å²) in [5.41, 5.74) is 0.328. The second-order valence-corrected chi connectivity index (χ2v) is 5.71. The first-order valence-electron chi connectivity index (χ1n) is 4.66. The molecule has 10 heteroatoms. The Hall–Kier alpha value is -0.560. The van der Waals surface area contributed by atoms with Crippen LogP contribution < -0.4 is 0 Å². The summed E-state index contributed by atoms with van der Waals surface area (Å²) in [6, 6.07) is 7.82. The molecular formula is C8H12O8P2. The zero-order chi connectivity index (χ0) is 13.8. The van der Waals surface area contributed by atoms with Gasteiger partial charge in [-0.2, -0.15) is 0 Å². The fraction of sp³-hybridized carbons (Fsp3) is 0.250. The van der Waals surface area contributed by atoms with Crippen LogP contribution in [0.5, 0.6) is 0 Å².